The Kier molecular flexibility index (Phi) is 5.61. The van der Waals surface area contributed by atoms with Gasteiger partial charge in [0.25, 0.3) is 6.09 Å². The number of nitrogens with zero attached hydrogens (tertiary/aromatic N) is 2. The van der Waals surface area contributed by atoms with E-state index in [2.05, 4.69) is 4.99 Å². The lowest BCUT2D eigenvalue weighted by Gasteiger charge is -2.29. The number of aliphatic imine (C=N–C) groups is 1. The Hall–Kier alpha value is -1.98. The second kappa shape index (κ2) is 6.98. The first-order valence-electron chi connectivity index (χ1n) is 6.31. The molecule has 0 spiro atoms. The first kappa shape index (κ1) is 16.1. The van der Waals surface area contributed by atoms with Crippen LogP contribution in [0.4, 0.5) is 13.6 Å². The molecule has 110 valence electrons. The molecule has 1 aromatic rings. The maximum absolute atomic E-state index is 13.9. The minimum atomic E-state index is -1.08. The Labute approximate surface area is 117 Å². The van der Waals surface area contributed by atoms with Crippen LogP contribution in [0.5, 0.6) is 5.75 Å². The average Bonchev–Trinajstić information content (AvgIpc) is 2.30. The first-order valence-corrected chi connectivity index (χ1v) is 6.31. The molecule has 0 saturated carbocycles. The summed E-state index contributed by atoms with van der Waals surface area (Å²) in [5.41, 5.74) is 0. The van der Waals surface area contributed by atoms with Gasteiger partial charge in [-0.3, -0.25) is 0 Å². The van der Waals surface area contributed by atoms with Crippen molar-refractivity contribution in [1.29, 1.82) is 0 Å². The summed E-state index contributed by atoms with van der Waals surface area (Å²) in [5.74, 6) is -0.348. The second-order valence-corrected chi connectivity index (χ2v) is 4.80. The van der Waals surface area contributed by atoms with Crippen molar-refractivity contribution in [2.75, 3.05) is 0 Å². The van der Waals surface area contributed by atoms with Crippen LogP contribution in [0.15, 0.2) is 29.3 Å². The zero-order valence-electron chi connectivity index (χ0n) is 11.9. The SMILES string of the molecule is CC(C)N(/C(F)=N/C(=O)Oc1ccc(F)cc1)C(C)C. The quantitative estimate of drug-likeness (QED) is 0.482. The van der Waals surface area contributed by atoms with Crippen molar-refractivity contribution in [3.05, 3.63) is 30.1 Å². The number of carbonyl (C=O) groups excluding carboxylic acids is 1. The Morgan fingerprint density at radius 3 is 2.10 bits per heavy atom. The fourth-order valence-corrected chi connectivity index (χ4v) is 1.78. The van der Waals surface area contributed by atoms with Gasteiger partial charge in [0.15, 0.2) is 0 Å². The van der Waals surface area contributed by atoms with Crippen LogP contribution < -0.4 is 4.74 Å². The topological polar surface area (TPSA) is 41.9 Å². The monoisotopic (exact) mass is 284 g/mol. The highest BCUT2D eigenvalue weighted by molar-refractivity contribution is 5.87. The zero-order valence-corrected chi connectivity index (χ0v) is 11.9. The number of rotatable bonds is 3. The van der Waals surface area contributed by atoms with Gasteiger partial charge in [-0.25, -0.2) is 9.18 Å². The molecule has 0 unspecified atom stereocenters. The number of benzene rings is 1. The first-order chi connectivity index (χ1) is 9.31. The van der Waals surface area contributed by atoms with Gasteiger partial charge in [0.05, 0.1) is 0 Å². The van der Waals surface area contributed by atoms with E-state index < -0.39 is 18.0 Å². The summed E-state index contributed by atoms with van der Waals surface area (Å²) in [6, 6.07) is 4.52. The van der Waals surface area contributed by atoms with Crippen molar-refractivity contribution < 1.29 is 18.3 Å². The van der Waals surface area contributed by atoms with E-state index in [1.807, 2.05) is 0 Å². The molecule has 1 rings (SSSR count). The number of ether oxygens (including phenoxy) is 1. The molecule has 20 heavy (non-hydrogen) atoms. The van der Waals surface area contributed by atoms with Crippen molar-refractivity contribution in [2.45, 2.75) is 39.8 Å². The third-order valence-corrected chi connectivity index (χ3v) is 2.53. The van der Waals surface area contributed by atoms with Crippen LogP contribution in [0.3, 0.4) is 0 Å². The molecule has 0 heterocycles. The molecule has 0 aliphatic carbocycles. The molecule has 0 bridgehead atoms. The molecule has 0 atom stereocenters. The second-order valence-electron chi connectivity index (χ2n) is 4.80. The van der Waals surface area contributed by atoms with Crippen LogP contribution in [0, 0.1) is 5.82 Å². The fraction of sp³-hybridized carbons (Fsp3) is 0.429. The number of carbonyl (C=O) groups is 1. The summed E-state index contributed by atoms with van der Waals surface area (Å²) in [6.07, 6.45) is -1.98. The Morgan fingerprint density at radius 2 is 1.65 bits per heavy atom. The zero-order chi connectivity index (χ0) is 15.3. The molecule has 0 N–H and O–H groups in total. The van der Waals surface area contributed by atoms with Crippen molar-refractivity contribution >= 4 is 12.2 Å². The van der Waals surface area contributed by atoms with Gasteiger partial charge in [-0.15, -0.1) is 4.99 Å². The molecule has 0 saturated heterocycles. The molecule has 0 aliphatic rings. The van der Waals surface area contributed by atoms with Gasteiger partial charge < -0.3 is 9.64 Å². The van der Waals surface area contributed by atoms with Crippen LogP contribution in [0.25, 0.3) is 0 Å². The van der Waals surface area contributed by atoms with Gasteiger partial charge in [-0.05, 0) is 52.0 Å². The Bertz CT molecular complexity index is 476. The van der Waals surface area contributed by atoms with Gasteiger partial charge >= 0.3 is 6.09 Å². The molecule has 1 amide bonds. The lowest BCUT2D eigenvalue weighted by molar-refractivity contribution is 0.208. The van der Waals surface area contributed by atoms with E-state index >= 15 is 0 Å². The maximum atomic E-state index is 13.9. The molecule has 0 aromatic heterocycles. The molecule has 0 aliphatic heterocycles. The third kappa shape index (κ3) is 4.60. The third-order valence-electron chi connectivity index (χ3n) is 2.53. The Morgan fingerprint density at radius 1 is 1.15 bits per heavy atom. The average molecular weight is 284 g/mol. The predicted molar refractivity (Wildman–Crippen MR) is 73.1 cm³/mol. The van der Waals surface area contributed by atoms with E-state index in [9.17, 15) is 13.6 Å². The van der Waals surface area contributed by atoms with Gasteiger partial charge in [0.2, 0.25) is 0 Å². The van der Waals surface area contributed by atoms with Crippen LogP contribution in [-0.4, -0.2) is 29.2 Å². The molecule has 6 heteroatoms. The van der Waals surface area contributed by atoms with Crippen LogP contribution >= 0.6 is 0 Å². The fourth-order valence-electron chi connectivity index (χ4n) is 1.78. The van der Waals surface area contributed by atoms with E-state index in [0.717, 1.165) is 12.1 Å². The van der Waals surface area contributed by atoms with Gasteiger partial charge in [0.1, 0.15) is 11.6 Å². The smallest absolute Gasteiger partial charge is 0.409 e. The normalized spacial score (nSPS) is 11.9. The highest BCUT2D eigenvalue weighted by Gasteiger charge is 2.19. The standard InChI is InChI=1S/C14H18F2N2O2/c1-9(2)18(10(3)4)13(16)17-14(19)20-12-7-5-11(15)6-8-12/h5-10H,1-4H3/b17-13+. The molecule has 0 radical (unpaired) electrons. The van der Waals surface area contributed by atoms with E-state index in [-0.39, 0.29) is 17.8 Å². The minimum Gasteiger partial charge on any atom is -0.409 e. The number of hydrogen-bond donors (Lipinski definition) is 0. The number of amidine groups is 1. The summed E-state index contributed by atoms with van der Waals surface area (Å²) in [5, 5.41) is 0. The molecule has 0 fully saturated rings. The van der Waals surface area contributed by atoms with Crippen molar-refractivity contribution in [3.8, 4) is 5.75 Å². The highest BCUT2D eigenvalue weighted by atomic mass is 19.1. The maximum Gasteiger partial charge on any atom is 0.443 e. The summed E-state index contributed by atoms with van der Waals surface area (Å²) in [4.78, 5) is 16.1. The van der Waals surface area contributed by atoms with Gasteiger partial charge in [-0.2, -0.15) is 4.39 Å². The van der Waals surface area contributed by atoms with Crippen molar-refractivity contribution in [1.82, 2.24) is 4.90 Å². The number of halogens is 2. The lowest BCUT2D eigenvalue weighted by atomic mass is 10.2. The van der Waals surface area contributed by atoms with E-state index in [4.69, 9.17) is 4.74 Å². The Balaban J connectivity index is 2.76. The van der Waals surface area contributed by atoms with E-state index in [1.54, 1.807) is 27.7 Å². The van der Waals surface area contributed by atoms with Crippen molar-refractivity contribution in [2.24, 2.45) is 4.99 Å². The summed E-state index contributed by atoms with van der Waals surface area (Å²) in [6.45, 7) is 7.17. The summed E-state index contributed by atoms with van der Waals surface area (Å²) >= 11 is 0. The van der Waals surface area contributed by atoms with Gasteiger partial charge in [0, 0.05) is 12.1 Å². The van der Waals surface area contributed by atoms with Crippen LogP contribution in [-0.2, 0) is 0 Å². The molecular weight excluding hydrogens is 266 g/mol. The van der Waals surface area contributed by atoms with Crippen LogP contribution in [0.2, 0.25) is 0 Å². The summed E-state index contributed by atoms with van der Waals surface area (Å²) in [7, 11) is 0. The van der Waals surface area contributed by atoms with Crippen LogP contribution in [0.1, 0.15) is 27.7 Å². The lowest BCUT2D eigenvalue weighted by Crippen LogP contribution is -2.40. The molecule has 4 nitrogen and oxygen atoms in total. The van der Waals surface area contributed by atoms with E-state index in [0.29, 0.717) is 0 Å². The number of hydrogen-bond acceptors (Lipinski definition) is 2. The minimum absolute atomic E-state index is 0.105. The molecular formula is C14H18F2N2O2. The summed E-state index contributed by atoms with van der Waals surface area (Å²) < 4.78 is 31.4. The van der Waals surface area contributed by atoms with Crippen molar-refractivity contribution in [3.63, 3.8) is 0 Å². The molecule has 1 aromatic carbocycles. The highest BCUT2D eigenvalue weighted by Crippen LogP contribution is 2.13. The predicted octanol–water partition coefficient (Wildman–Crippen LogP) is 3.77. The van der Waals surface area contributed by atoms with E-state index in [1.165, 1.54) is 17.0 Å². The largest absolute Gasteiger partial charge is 0.443 e. The van der Waals surface area contributed by atoms with Gasteiger partial charge in [-0.1, -0.05) is 0 Å². The number of amides is 1.